The van der Waals surface area contributed by atoms with Crippen molar-refractivity contribution in [3.05, 3.63) is 30.1 Å². The van der Waals surface area contributed by atoms with E-state index >= 15 is 0 Å². The average molecular weight is 135 g/mol. The van der Waals surface area contributed by atoms with Crippen molar-refractivity contribution in [2.45, 2.75) is 6.42 Å². The summed E-state index contributed by atoms with van der Waals surface area (Å²) >= 11 is 0. The van der Waals surface area contributed by atoms with Gasteiger partial charge in [-0.15, -0.1) is 0 Å². The van der Waals surface area contributed by atoms with Gasteiger partial charge < -0.3 is 5.73 Å². The highest BCUT2D eigenvalue weighted by Crippen LogP contribution is 1.93. The number of rotatable bonds is 2. The van der Waals surface area contributed by atoms with Crippen LogP contribution in [0.2, 0.25) is 0 Å². The van der Waals surface area contributed by atoms with Gasteiger partial charge in [-0.1, -0.05) is 6.07 Å². The number of hydrogen-bond acceptors (Lipinski definition) is 2. The van der Waals surface area contributed by atoms with Gasteiger partial charge in [-0.2, -0.15) is 0 Å². The molecule has 51 valence electrons. The van der Waals surface area contributed by atoms with Crippen LogP contribution in [0.25, 0.3) is 0 Å². The van der Waals surface area contributed by atoms with Gasteiger partial charge in [-0.3, -0.25) is 9.78 Å². The number of hydrogen-bond donors (Lipinski definition) is 1. The van der Waals surface area contributed by atoms with Crippen LogP contribution in [0.1, 0.15) is 5.56 Å². The van der Waals surface area contributed by atoms with Crippen LogP contribution in [-0.2, 0) is 11.2 Å². The van der Waals surface area contributed by atoms with E-state index in [1.54, 1.807) is 18.3 Å². The van der Waals surface area contributed by atoms with Crippen molar-refractivity contribution in [3.8, 4) is 0 Å². The summed E-state index contributed by atoms with van der Waals surface area (Å²) in [5, 5.41) is 0. The van der Waals surface area contributed by atoms with Gasteiger partial charge in [0.1, 0.15) is 0 Å². The Bertz CT molecular complexity index is 220. The third-order valence-corrected chi connectivity index (χ3v) is 1.03. The first-order valence-corrected chi connectivity index (χ1v) is 2.89. The minimum atomic E-state index is -0.357. The number of pyridine rings is 1. The maximum Gasteiger partial charge on any atom is 0.221 e. The highest BCUT2D eigenvalue weighted by molar-refractivity contribution is 5.76. The normalized spacial score (nSPS) is 9.20. The summed E-state index contributed by atoms with van der Waals surface area (Å²) in [6.45, 7) is 0. The summed E-state index contributed by atoms with van der Waals surface area (Å²) in [4.78, 5) is 14.0. The van der Waals surface area contributed by atoms with Crippen molar-refractivity contribution in [2.75, 3.05) is 0 Å². The summed E-state index contributed by atoms with van der Waals surface area (Å²) in [5.41, 5.74) is 5.67. The van der Waals surface area contributed by atoms with E-state index in [4.69, 9.17) is 5.73 Å². The number of amides is 1. The number of nitrogens with zero attached hydrogens (tertiary/aromatic N) is 1. The molecule has 1 aromatic rings. The fourth-order valence-corrected chi connectivity index (χ4v) is 0.646. The van der Waals surface area contributed by atoms with Crippen LogP contribution < -0.4 is 5.73 Å². The molecule has 0 aliphatic heterocycles. The molecule has 3 heteroatoms. The van der Waals surface area contributed by atoms with Crippen molar-refractivity contribution in [3.63, 3.8) is 0 Å². The van der Waals surface area contributed by atoms with Gasteiger partial charge in [0, 0.05) is 6.20 Å². The third kappa shape index (κ3) is 1.85. The molecule has 1 rings (SSSR count). The van der Waals surface area contributed by atoms with Crippen molar-refractivity contribution >= 4 is 5.91 Å². The maximum absolute atomic E-state index is 10.3. The molecule has 0 atom stereocenters. The zero-order chi connectivity index (χ0) is 7.40. The van der Waals surface area contributed by atoms with Crippen molar-refractivity contribution in [2.24, 2.45) is 5.73 Å². The number of primary amides is 1. The Kier molecular flexibility index (Phi) is 1.99. The lowest BCUT2D eigenvalue weighted by molar-refractivity contribution is -0.117. The highest BCUT2D eigenvalue weighted by atomic mass is 16.1. The van der Waals surface area contributed by atoms with E-state index in [0.717, 1.165) is 5.56 Å². The summed E-state index contributed by atoms with van der Waals surface area (Å²) in [5.74, 6) is -0.357. The second-order valence-electron chi connectivity index (χ2n) is 1.92. The Labute approximate surface area is 58.9 Å². The van der Waals surface area contributed by atoms with Crippen LogP contribution in [0.15, 0.2) is 18.3 Å². The lowest BCUT2D eigenvalue weighted by Crippen LogP contribution is -2.13. The largest absolute Gasteiger partial charge is 0.369 e. The molecule has 0 spiro atoms. The van der Waals surface area contributed by atoms with Crippen LogP contribution >= 0.6 is 0 Å². The van der Waals surface area contributed by atoms with Crippen molar-refractivity contribution in [1.82, 2.24) is 4.98 Å². The van der Waals surface area contributed by atoms with Gasteiger partial charge in [-0.25, -0.2) is 0 Å². The van der Waals surface area contributed by atoms with Crippen LogP contribution in [0.5, 0.6) is 0 Å². The van der Waals surface area contributed by atoms with Gasteiger partial charge in [0.2, 0.25) is 5.91 Å². The average Bonchev–Trinajstić information content (AvgIpc) is 1.88. The minimum absolute atomic E-state index is 0.216. The van der Waals surface area contributed by atoms with Crippen LogP contribution in [-0.4, -0.2) is 10.9 Å². The lowest BCUT2D eigenvalue weighted by atomic mass is 10.2. The molecule has 1 heterocycles. The fourth-order valence-electron chi connectivity index (χ4n) is 0.646. The van der Waals surface area contributed by atoms with Gasteiger partial charge >= 0.3 is 0 Å². The summed E-state index contributed by atoms with van der Waals surface area (Å²) in [6, 6.07) is 3.51. The maximum atomic E-state index is 10.3. The number of carbonyl (C=O) groups excluding carboxylic acids is 1. The van der Waals surface area contributed by atoms with E-state index in [0.29, 0.717) is 0 Å². The monoisotopic (exact) mass is 135 g/mol. The van der Waals surface area contributed by atoms with Gasteiger partial charge in [0.05, 0.1) is 12.6 Å². The van der Waals surface area contributed by atoms with E-state index in [1.807, 2.05) is 0 Å². The van der Waals surface area contributed by atoms with Gasteiger partial charge in [0.25, 0.3) is 0 Å². The topological polar surface area (TPSA) is 56.0 Å². The minimum Gasteiger partial charge on any atom is -0.369 e. The molecule has 2 N–H and O–H groups in total. The summed E-state index contributed by atoms with van der Waals surface area (Å²) < 4.78 is 0. The Morgan fingerprint density at radius 2 is 2.60 bits per heavy atom. The highest BCUT2D eigenvalue weighted by Gasteiger charge is 1.95. The molecular weight excluding hydrogens is 128 g/mol. The third-order valence-electron chi connectivity index (χ3n) is 1.03. The smallest absolute Gasteiger partial charge is 0.221 e. The molecule has 0 aliphatic carbocycles. The van der Waals surface area contributed by atoms with E-state index in [-0.39, 0.29) is 12.3 Å². The molecule has 0 fully saturated rings. The molecule has 0 bridgehead atoms. The van der Waals surface area contributed by atoms with E-state index in [9.17, 15) is 4.79 Å². The van der Waals surface area contributed by atoms with E-state index in [2.05, 4.69) is 11.2 Å². The molecule has 1 amide bonds. The Morgan fingerprint density at radius 1 is 1.80 bits per heavy atom. The molecule has 0 saturated heterocycles. The Hall–Kier alpha value is -1.38. The quantitative estimate of drug-likeness (QED) is 0.616. The van der Waals surface area contributed by atoms with E-state index < -0.39 is 0 Å². The van der Waals surface area contributed by atoms with Crippen LogP contribution in [0.3, 0.4) is 0 Å². The zero-order valence-electron chi connectivity index (χ0n) is 5.37. The zero-order valence-corrected chi connectivity index (χ0v) is 5.37. The van der Waals surface area contributed by atoms with E-state index in [1.165, 1.54) is 0 Å². The molecule has 0 unspecified atom stereocenters. The second-order valence-corrected chi connectivity index (χ2v) is 1.92. The first kappa shape index (κ1) is 6.74. The summed E-state index contributed by atoms with van der Waals surface area (Å²) in [6.07, 6.45) is 4.47. The van der Waals surface area contributed by atoms with Gasteiger partial charge in [-0.05, 0) is 11.6 Å². The SMILES string of the molecule is NC(=O)Cc1[c]nccc1. The molecule has 0 aliphatic rings. The van der Waals surface area contributed by atoms with Crippen molar-refractivity contribution in [1.29, 1.82) is 0 Å². The Balaban J connectivity index is 2.67. The number of carbonyl (C=O) groups is 1. The molecule has 10 heavy (non-hydrogen) atoms. The molecule has 3 nitrogen and oxygen atoms in total. The standard InChI is InChI=1S/C7H7N2O/c8-7(10)4-6-2-1-3-9-5-6/h1-3H,4H2,(H2,8,10). The Morgan fingerprint density at radius 3 is 3.10 bits per heavy atom. The summed E-state index contributed by atoms with van der Waals surface area (Å²) in [7, 11) is 0. The first-order valence-electron chi connectivity index (χ1n) is 2.89. The van der Waals surface area contributed by atoms with Crippen molar-refractivity contribution < 1.29 is 4.79 Å². The first-order chi connectivity index (χ1) is 4.79. The molecule has 1 aromatic heterocycles. The predicted molar refractivity (Wildman–Crippen MR) is 36.0 cm³/mol. The molecule has 0 saturated carbocycles. The van der Waals surface area contributed by atoms with Crippen LogP contribution in [0, 0.1) is 6.20 Å². The number of nitrogens with two attached hydrogens (primary N) is 1. The second kappa shape index (κ2) is 2.96. The molecule has 0 aromatic carbocycles. The number of aromatic nitrogens is 1. The van der Waals surface area contributed by atoms with Crippen LogP contribution in [0.4, 0.5) is 0 Å². The predicted octanol–water partition coefficient (Wildman–Crippen LogP) is -0.0904. The fraction of sp³-hybridized carbons (Fsp3) is 0.143. The lowest BCUT2D eigenvalue weighted by Gasteiger charge is -1.91. The molecule has 1 radical (unpaired) electrons. The molecular formula is C7H7N2O. The van der Waals surface area contributed by atoms with Gasteiger partial charge in [0.15, 0.2) is 0 Å².